The standard InChI is InChI=1S/C31H45NO6Si/c1-22(19-36-20-25-14-16-27(35-6)17-15-25)28(38-39(7,8)31(3,4)5)23(2)29(33)32-26(21-37-30(32)34)18-24-12-10-9-11-13-24/h9-17,22-23,26,28H,18-21H2,1-8H3/t22-,23+,26?,28-/m0/s1. The van der Waals surface area contributed by atoms with Gasteiger partial charge in [0.25, 0.3) is 0 Å². The predicted octanol–water partition coefficient (Wildman–Crippen LogP) is 6.46. The molecular weight excluding hydrogens is 510 g/mol. The predicted molar refractivity (Wildman–Crippen MR) is 155 cm³/mol. The molecular formula is C31H45NO6Si. The maximum absolute atomic E-state index is 13.9. The van der Waals surface area contributed by atoms with Crippen molar-refractivity contribution in [2.75, 3.05) is 20.3 Å². The Labute approximate surface area is 234 Å². The molecule has 0 saturated carbocycles. The van der Waals surface area contributed by atoms with Crippen LogP contribution in [0.5, 0.6) is 5.75 Å². The Hall–Kier alpha value is -2.68. The summed E-state index contributed by atoms with van der Waals surface area (Å²) >= 11 is 0. The van der Waals surface area contributed by atoms with E-state index in [4.69, 9.17) is 18.6 Å². The number of ether oxygens (including phenoxy) is 3. The van der Waals surface area contributed by atoms with Gasteiger partial charge in [0.15, 0.2) is 8.32 Å². The smallest absolute Gasteiger partial charge is 0.416 e. The van der Waals surface area contributed by atoms with Crippen LogP contribution >= 0.6 is 0 Å². The zero-order chi connectivity index (χ0) is 28.8. The van der Waals surface area contributed by atoms with Crippen molar-refractivity contribution in [3.05, 3.63) is 65.7 Å². The number of hydrogen-bond acceptors (Lipinski definition) is 6. The highest BCUT2D eigenvalue weighted by Gasteiger charge is 2.46. The molecule has 1 heterocycles. The molecule has 39 heavy (non-hydrogen) atoms. The van der Waals surface area contributed by atoms with Gasteiger partial charge in [-0.1, -0.05) is 77.1 Å². The largest absolute Gasteiger partial charge is 0.497 e. The molecule has 2 amide bonds. The first-order valence-corrected chi connectivity index (χ1v) is 16.7. The summed E-state index contributed by atoms with van der Waals surface area (Å²) in [6.07, 6.45) is -0.443. The normalized spacial score (nSPS) is 18.4. The molecule has 0 aliphatic carbocycles. The fourth-order valence-electron chi connectivity index (χ4n) is 4.53. The lowest BCUT2D eigenvalue weighted by Gasteiger charge is -2.43. The Kier molecular flexibility index (Phi) is 10.4. The summed E-state index contributed by atoms with van der Waals surface area (Å²) in [4.78, 5) is 28.0. The van der Waals surface area contributed by atoms with Crippen LogP contribution in [0.3, 0.4) is 0 Å². The second-order valence-electron chi connectivity index (χ2n) is 12.1. The van der Waals surface area contributed by atoms with Crippen LogP contribution in [0.2, 0.25) is 18.1 Å². The first-order valence-electron chi connectivity index (χ1n) is 13.8. The SMILES string of the molecule is COc1ccc(COC[C@H](C)[C@H](O[Si](C)(C)C(C)(C)C)[C@@H](C)C(=O)N2C(=O)OCC2Cc2ccccc2)cc1. The summed E-state index contributed by atoms with van der Waals surface area (Å²) in [5, 5.41) is -0.0416. The van der Waals surface area contributed by atoms with E-state index in [9.17, 15) is 9.59 Å². The quantitative estimate of drug-likeness (QED) is 0.280. The van der Waals surface area contributed by atoms with Crippen molar-refractivity contribution in [2.45, 2.75) is 77.9 Å². The second-order valence-corrected chi connectivity index (χ2v) is 16.9. The fraction of sp³-hybridized carbons (Fsp3) is 0.548. The van der Waals surface area contributed by atoms with E-state index < -0.39 is 26.4 Å². The topological polar surface area (TPSA) is 74.3 Å². The van der Waals surface area contributed by atoms with Gasteiger partial charge in [-0.2, -0.15) is 0 Å². The number of rotatable bonds is 12. The van der Waals surface area contributed by atoms with Crippen molar-refractivity contribution in [3.63, 3.8) is 0 Å². The van der Waals surface area contributed by atoms with Crippen molar-refractivity contribution in [1.29, 1.82) is 0 Å². The molecule has 0 radical (unpaired) electrons. The molecule has 0 bridgehead atoms. The van der Waals surface area contributed by atoms with Crippen LogP contribution < -0.4 is 4.74 Å². The van der Waals surface area contributed by atoms with Crippen LogP contribution in [0.1, 0.15) is 45.7 Å². The Morgan fingerprint density at radius 2 is 1.69 bits per heavy atom. The van der Waals surface area contributed by atoms with Crippen molar-refractivity contribution >= 4 is 20.3 Å². The molecule has 8 heteroatoms. The zero-order valence-electron chi connectivity index (χ0n) is 24.7. The first-order chi connectivity index (χ1) is 18.3. The van der Waals surface area contributed by atoms with E-state index in [2.05, 4.69) is 40.8 Å². The van der Waals surface area contributed by atoms with Gasteiger partial charge in [-0.15, -0.1) is 0 Å². The highest BCUT2D eigenvalue weighted by molar-refractivity contribution is 6.74. The van der Waals surface area contributed by atoms with E-state index >= 15 is 0 Å². The number of hydrogen-bond donors (Lipinski definition) is 0. The molecule has 2 aromatic rings. The van der Waals surface area contributed by atoms with Crippen molar-refractivity contribution in [2.24, 2.45) is 11.8 Å². The third kappa shape index (κ3) is 7.93. The van der Waals surface area contributed by atoms with Crippen molar-refractivity contribution in [3.8, 4) is 5.75 Å². The number of carbonyl (C=O) groups is 2. The van der Waals surface area contributed by atoms with Crippen molar-refractivity contribution in [1.82, 2.24) is 4.90 Å². The molecule has 1 saturated heterocycles. The van der Waals surface area contributed by atoms with E-state index in [1.807, 2.05) is 61.5 Å². The first kappa shape index (κ1) is 30.9. The third-order valence-electron chi connectivity index (χ3n) is 8.00. The van der Waals surface area contributed by atoms with Gasteiger partial charge in [-0.25, -0.2) is 9.69 Å². The number of nitrogens with zero attached hydrogens (tertiary/aromatic N) is 1. The molecule has 3 rings (SSSR count). The molecule has 1 aliphatic heterocycles. The number of amides is 2. The summed E-state index contributed by atoms with van der Waals surface area (Å²) < 4.78 is 23.5. The molecule has 4 atom stereocenters. The van der Waals surface area contributed by atoms with E-state index in [0.29, 0.717) is 19.6 Å². The van der Waals surface area contributed by atoms with E-state index in [1.54, 1.807) is 7.11 Å². The van der Waals surface area contributed by atoms with Gasteiger partial charge in [0.1, 0.15) is 12.4 Å². The number of cyclic esters (lactones) is 1. The van der Waals surface area contributed by atoms with Gasteiger partial charge in [0.05, 0.1) is 38.4 Å². The highest BCUT2D eigenvalue weighted by Crippen LogP contribution is 2.39. The zero-order valence-corrected chi connectivity index (χ0v) is 25.7. The molecule has 1 fully saturated rings. The summed E-state index contributed by atoms with van der Waals surface area (Å²) in [5.41, 5.74) is 2.10. The molecule has 1 aliphatic rings. The molecule has 1 unspecified atom stereocenters. The minimum atomic E-state index is -2.24. The third-order valence-corrected chi connectivity index (χ3v) is 12.5. The molecule has 2 aromatic carbocycles. The fourth-order valence-corrected chi connectivity index (χ4v) is 6.00. The van der Waals surface area contributed by atoms with Crippen LogP contribution in [0.25, 0.3) is 0 Å². The number of carbonyl (C=O) groups excluding carboxylic acids is 2. The maximum atomic E-state index is 13.9. The van der Waals surface area contributed by atoms with Gasteiger partial charge in [-0.05, 0) is 47.8 Å². The lowest BCUT2D eigenvalue weighted by atomic mass is 9.92. The average Bonchev–Trinajstić information content (AvgIpc) is 3.26. The van der Waals surface area contributed by atoms with Gasteiger partial charge in [0, 0.05) is 5.92 Å². The average molecular weight is 556 g/mol. The van der Waals surface area contributed by atoms with Crippen LogP contribution in [0, 0.1) is 11.8 Å². The van der Waals surface area contributed by atoms with Crippen LogP contribution in [-0.4, -0.2) is 57.7 Å². The summed E-state index contributed by atoms with van der Waals surface area (Å²) in [6.45, 7) is 15.9. The van der Waals surface area contributed by atoms with Gasteiger partial charge in [-0.3, -0.25) is 4.79 Å². The minimum Gasteiger partial charge on any atom is -0.497 e. The molecule has 7 nitrogen and oxygen atoms in total. The Morgan fingerprint density at radius 1 is 1.05 bits per heavy atom. The van der Waals surface area contributed by atoms with E-state index in [-0.39, 0.29) is 29.5 Å². The van der Waals surface area contributed by atoms with Gasteiger partial charge < -0.3 is 18.6 Å². The Bertz CT molecular complexity index is 1080. The number of imide groups is 1. The molecule has 0 N–H and O–H groups in total. The Morgan fingerprint density at radius 3 is 2.28 bits per heavy atom. The lowest BCUT2D eigenvalue weighted by molar-refractivity contribution is -0.137. The molecule has 214 valence electrons. The minimum absolute atomic E-state index is 0.0416. The summed E-state index contributed by atoms with van der Waals surface area (Å²) in [5.74, 6) is -0.0948. The highest BCUT2D eigenvalue weighted by atomic mass is 28.4. The lowest BCUT2D eigenvalue weighted by Crippen LogP contribution is -2.52. The van der Waals surface area contributed by atoms with Crippen LogP contribution in [-0.2, 0) is 31.7 Å². The summed E-state index contributed by atoms with van der Waals surface area (Å²) in [7, 11) is -0.601. The van der Waals surface area contributed by atoms with Crippen LogP contribution in [0.15, 0.2) is 54.6 Å². The molecule has 0 spiro atoms. The summed E-state index contributed by atoms with van der Waals surface area (Å²) in [6, 6.07) is 17.3. The second kappa shape index (κ2) is 13.1. The van der Waals surface area contributed by atoms with Gasteiger partial charge >= 0.3 is 6.09 Å². The Balaban J connectivity index is 1.76. The van der Waals surface area contributed by atoms with Gasteiger partial charge in [0.2, 0.25) is 5.91 Å². The monoisotopic (exact) mass is 555 g/mol. The van der Waals surface area contributed by atoms with E-state index in [1.165, 1.54) is 4.90 Å². The molecule has 0 aromatic heterocycles. The van der Waals surface area contributed by atoms with Crippen LogP contribution in [0.4, 0.5) is 4.79 Å². The number of benzene rings is 2. The number of methoxy groups -OCH3 is 1. The van der Waals surface area contributed by atoms with E-state index in [0.717, 1.165) is 16.9 Å². The van der Waals surface area contributed by atoms with Crippen molar-refractivity contribution < 1.29 is 28.2 Å². The maximum Gasteiger partial charge on any atom is 0.416 e.